The normalized spacial score (nSPS) is 11.0. The Morgan fingerprint density at radius 2 is 1.88 bits per heavy atom. The van der Waals surface area contributed by atoms with Crippen molar-refractivity contribution in [3.63, 3.8) is 0 Å². The highest BCUT2D eigenvalue weighted by atomic mass is 32.1. The van der Waals surface area contributed by atoms with Gasteiger partial charge >= 0.3 is 0 Å². The van der Waals surface area contributed by atoms with Gasteiger partial charge in [0.25, 0.3) is 0 Å². The van der Waals surface area contributed by atoms with Gasteiger partial charge in [0.05, 0.1) is 12.8 Å². The standard InChI is InChI=1S/C20H15FN2O2S/c1-12-9-14(5-8-18(12)25-2)17-11-26-20-22-19(16(10-24)23(17)20)13-3-6-15(21)7-4-13/h3-11H,1-2H3. The summed E-state index contributed by atoms with van der Waals surface area (Å²) in [5.41, 5.74) is 4.59. The Labute approximate surface area is 153 Å². The molecular formula is C20H15FN2O2S. The van der Waals surface area contributed by atoms with Crippen LogP contribution in [0.4, 0.5) is 4.39 Å². The molecule has 4 rings (SSSR count). The Morgan fingerprint density at radius 1 is 1.15 bits per heavy atom. The molecule has 0 unspecified atom stereocenters. The molecule has 0 aliphatic rings. The van der Waals surface area contributed by atoms with Crippen LogP contribution in [0, 0.1) is 12.7 Å². The second-order valence-corrected chi connectivity index (χ2v) is 6.73. The second kappa shape index (κ2) is 6.38. The van der Waals surface area contributed by atoms with Crippen LogP contribution in [-0.2, 0) is 0 Å². The van der Waals surface area contributed by atoms with Crippen LogP contribution in [-0.4, -0.2) is 22.8 Å². The first-order valence-electron chi connectivity index (χ1n) is 7.98. The molecule has 4 aromatic rings. The number of imidazole rings is 1. The number of carbonyl (C=O) groups is 1. The summed E-state index contributed by atoms with van der Waals surface area (Å²) < 4.78 is 20.4. The Hall–Kier alpha value is -2.99. The predicted octanol–water partition coefficient (Wildman–Crippen LogP) is 5.00. The summed E-state index contributed by atoms with van der Waals surface area (Å²) in [5, 5.41) is 1.98. The molecule has 2 heterocycles. The molecule has 0 aliphatic carbocycles. The van der Waals surface area contributed by atoms with Crippen LogP contribution < -0.4 is 4.74 Å². The molecule has 6 heteroatoms. The van der Waals surface area contributed by atoms with Crippen molar-refractivity contribution < 1.29 is 13.9 Å². The van der Waals surface area contributed by atoms with Crippen LogP contribution in [0.5, 0.6) is 5.75 Å². The summed E-state index contributed by atoms with van der Waals surface area (Å²) in [6.45, 7) is 1.98. The van der Waals surface area contributed by atoms with E-state index in [9.17, 15) is 9.18 Å². The molecule has 0 bridgehead atoms. The van der Waals surface area contributed by atoms with Crippen LogP contribution >= 0.6 is 11.3 Å². The minimum Gasteiger partial charge on any atom is -0.496 e. The number of nitrogens with zero attached hydrogens (tertiary/aromatic N) is 2. The van der Waals surface area contributed by atoms with Crippen LogP contribution in [0.3, 0.4) is 0 Å². The van der Waals surface area contributed by atoms with E-state index in [0.717, 1.165) is 33.8 Å². The number of thiazole rings is 1. The molecule has 4 nitrogen and oxygen atoms in total. The van der Waals surface area contributed by atoms with Crippen molar-refractivity contribution in [2.45, 2.75) is 6.92 Å². The molecule has 0 atom stereocenters. The van der Waals surface area contributed by atoms with Crippen molar-refractivity contribution in [3.05, 3.63) is 64.9 Å². The first-order valence-corrected chi connectivity index (χ1v) is 8.86. The average molecular weight is 366 g/mol. The number of carbonyl (C=O) groups excluding carboxylic acids is 1. The van der Waals surface area contributed by atoms with Crippen molar-refractivity contribution in [2.24, 2.45) is 0 Å². The smallest absolute Gasteiger partial charge is 0.195 e. The van der Waals surface area contributed by atoms with E-state index in [2.05, 4.69) is 4.98 Å². The lowest BCUT2D eigenvalue weighted by Gasteiger charge is -2.07. The fourth-order valence-corrected chi connectivity index (χ4v) is 3.95. The number of ether oxygens (including phenoxy) is 1. The van der Waals surface area contributed by atoms with Gasteiger partial charge in [0.15, 0.2) is 11.2 Å². The van der Waals surface area contributed by atoms with Crippen molar-refractivity contribution in [3.8, 4) is 28.3 Å². The van der Waals surface area contributed by atoms with Gasteiger partial charge in [0, 0.05) is 10.9 Å². The maximum absolute atomic E-state index is 13.2. The molecule has 0 aliphatic heterocycles. The van der Waals surface area contributed by atoms with Crippen molar-refractivity contribution in [1.29, 1.82) is 0 Å². The van der Waals surface area contributed by atoms with Gasteiger partial charge < -0.3 is 4.74 Å². The topological polar surface area (TPSA) is 43.6 Å². The lowest BCUT2D eigenvalue weighted by molar-refractivity contribution is 0.111. The molecule has 26 heavy (non-hydrogen) atoms. The van der Waals surface area contributed by atoms with Crippen LogP contribution in [0.2, 0.25) is 0 Å². The van der Waals surface area contributed by atoms with E-state index in [1.807, 2.05) is 34.9 Å². The van der Waals surface area contributed by atoms with Gasteiger partial charge in [-0.15, -0.1) is 11.3 Å². The summed E-state index contributed by atoms with van der Waals surface area (Å²) in [6, 6.07) is 11.9. The molecule has 0 amide bonds. The van der Waals surface area contributed by atoms with E-state index < -0.39 is 0 Å². The summed E-state index contributed by atoms with van der Waals surface area (Å²) in [5.74, 6) is 0.491. The number of aldehydes is 1. The second-order valence-electron chi connectivity index (χ2n) is 5.89. The maximum Gasteiger partial charge on any atom is 0.195 e. The fraction of sp³-hybridized carbons (Fsp3) is 0.100. The largest absolute Gasteiger partial charge is 0.496 e. The molecule has 0 fully saturated rings. The predicted molar refractivity (Wildman–Crippen MR) is 101 cm³/mol. The van der Waals surface area contributed by atoms with Gasteiger partial charge in [-0.1, -0.05) is 0 Å². The number of hydrogen-bond acceptors (Lipinski definition) is 4. The number of hydrogen-bond donors (Lipinski definition) is 0. The lowest BCUT2D eigenvalue weighted by Crippen LogP contribution is -1.95. The van der Waals surface area contributed by atoms with Crippen molar-refractivity contribution >= 4 is 22.6 Å². The highest BCUT2D eigenvalue weighted by Gasteiger charge is 2.19. The first-order chi connectivity index (χ1) is 12.6. The minimum absolute atomic E-state index is 0.322. The summed E-state index contributed by atoms with van der Waals surface area (Å²) >= 11 is 1.46. The molecule has 0 saturated heterocycles. The average Bonchev–Trinajstić information content (AvgIpc) is 3.21. The number of halogens is 1. The van der Waals surface area contributed by atoms with Gasteiger partial charge in [-0.25, -0.2) is 9.37 Å². The van der Waals surface area contributed by atoms with Gasteiger partial charge in [-0.3, -0.25) is 9.20 Å². The van der Waals surface area contributed by atoms with E-state index in [0.29, 0.717) is 17.0 Å². The molecule has 2 aromatic carbocycles. The molecule has 0 N–H and O–H groups in total. The summed E-state index contributed by atoms with van der Waals surface area (Å²) in [4.78, 5) is 17.1. The van der Waals surface area contributed by atoms with Crippen LogP contribution in [0.25, 0.3) is 27.5 Å². The van der Waals surface area contributed by atoms with Crippen molar-refractivity contribution in [1.82, 2.24) is 9.38 Å². The van der Waals surface area contributed by atoms with Crippen molar-refractivity contribution in [2.75, 3.05) is 7.11 Å². The molecule has 2 aromatic heterocycles. The third kappa shape index (κ3) is 2.59. The third-order valence-corrected chi connectivity index (χ3v) is 5.14. The molecule has 0 radical (unpaired) electrons. The van der Waals surface area contributed by atoms with E-state index in [1.165, 1.54) is 23.5 Å². The summed E-state index contributed by atoms with van der Waals surface area (Å²) in [6.07, 6.45) is 0.797. The molecular weight excluding hydrogens is 351 g/mol. The van der Waals surface area contributed by atoms with Gasteiger partial charge in [0.2, 0.25) is 0 Å². The lowest BCUT2D eigenvalue weighted by atomic mass is 10.1. The summed E-state index contributed by atoms with van der Waals surface area (Å²) in [7, 11) is 1.64. The number of rotatable bonds is 4. The third-order valence-electron chi connectivity index (χ3n) is 4.32. The quantitative estimate of drug-likeness (QED) is 0.478. The fourth-order valence-electron chi connectivity index (χ4n) is 3.05. The SMILES string of the molecule is COc1ccc(-c2csc3nc(-c4ccc(F)cc4)c(C=O)n23)cc1C. The Morgan fingerprint density at radius 3 is 2.54 bits per heavy atom. The van der Waals surface area contributed by atoms with Gasteiger partial charge in [-0.05, 0) is 60.5 Å². The number of fused-ring (bicyclic) bond motifs is 1. The van der Waals surface area contributed by atoms with Gasteiger partial charge in [-0.2, -0.15) is 0 Å². The van der Waals surface area contributed by atoms with E-state index in [-0.39, 0.29) is 5.82 Å². The zero-order chi connectivity index (χ0) is 18.3. The molecule has 130 valence electrons. The van der Waals surface area contributed by atoms with Crippen LogP contribution in [0.15, 0.2) is 47.8 Å². The Bertz CT molecular complexity index is 1110. The van der Waals surface area contributed by atoms with E-state index >= 15 is 0 Å². The monoisotopic (exact) mass is 366 g/mol. The molecule has 0 spiro atoms. The zero-order valence-electron chi connectivity index (χ0n) is 14.2. The Kier molecular flexibility index (Phi) is 4.05. The zero-order valence-corrected chi connectivity index (χ0v) is 15.0. The minimum atomic E-state index is -0.322. The highest BCUT2D eigenvalue weighted by molar-refractivity contribution is 7.15. The highest BCUT2D eigenvalue weighted by Crippen LogP contribution is 2.33. The Balaban J connectivity index is 1.91. The number of methoxy groups -OCH3 is 1. The van der Waals surface area contributed by atoms with E-state index in [1.54, 1.807) is 19.2 Å². The number of aryl methyl sites for hydroxylation is 1. The molecule has 0 saturated carbocycles. The maximum atomic E-state index is 13.2. The van der Waals surface area contributed by atoms with E-state index in [4.69, 9.17) is 4.74 Å². The number of aromatic nitrogens is 2. The van der Waals surface area contributed by atoms with Gasteiger partial charge in [0.1, 0.15) is 23.0 Å². The van der Waals surface area contributed by atoms with Crippen LogP contribution in [0.1, 0.15) is 16.1 Å². The first kappa shape index (κ1) is 16.5. The number of benzene rings is 2.